The molecule has 2 heterocycles. The molecule has 1 aromatic rings. The van der Waals surface area contributed by atoms with Crippen molar-refractivity contribution in [2.75, 3.05) is 13.2 Å². The summed E-state index contributed by atoms with van der Waals surface area (Å²) in [7, 11) is 0. The summed E-state index contributed by atoms with van der Waals surface area (Å²) in [5.41, 5.74) is 0. The molecule has 1 aromatic heterocycles. The second-order valence-electron chi connectivity index (χ2n) is 5.96. The second-order valence-corrected chi connectivity index (χ2v) is 5.96. The van der Waals surface area contributed by atoms with Crippen LogP contribution in [0.25, 0.3) is 0 Å². The topological polar surface area (TPSA) is 42.7 Å². The first-order valence-electron chi connectivity index (χ1n) is 7.91. The number of allylic oxidation sites excluding steroid dienone is 2. The maximum atomic E-state index is 12.1. The first-order chi connectivity index (χ1) is 10.3. The van der Waals surface area contributed by atoms with Crippen molar-refractivity contribution in [3.05, 3.63) is 36.3 Å². The number of furan rings is 1. The lowest BCUT2D eigenvalue weighted by Crippen LogP contribution is -2.34. The minimum atomic E-state index is -0.0239. The van der Waals surface area contributed by atoms with Crippen LogP contribution in [0, 0.1) is 5.92 Å². The molecule has 4 nitrogen and oxygen atoms in total. The van der Waals surface area contributed by atoms with Gasteiger partial charge in [0.2, 0.25) is 0 Å². The van der Waals surface area contributed by atoms with Crippen LogP contribution in [0.15, 0.2) is 35.0 Å². The van der Waals surface area contributed by atoms with E-state index in [0.29, 0.717) is 12.6 Å². The molecule has 1 fully saturated rings. The predicted octanol–water partition coefficient (Wildman–Crippen LogP) is 3.14. The summed E-state index contributed by atoms with van der Waals surface area (Å²) in [5, 5.41) is 0. The fraction of sp³-hybridized carbons (Fsp3) is 0.588. The minimum absolute atomic E-state index is 0.0239. The third-order valence-electron chi connectivity index (χ3n) is 4.46. The average molecular weight is 289 g/mol. The molecule has 0 bridgehead atoms. The van der Waals surface area contributed by atoms with E-state index in [0.717, 1.165) is 51.0 Å². The van der Waals surface area contributed by atoms with Crippen molar-refractivity contribution < 1.29 is 13.9 Å². The van der Waals surface area contributed by atoms with E-state index < -0.39 is 0 Å². The van der Waals surface area contributed by atoms with Gasteiger partial charge in [-0.2, -0.15) is 0 Å². The van der Waals surface area contributed by atoms with E-state index >= 15 is 0 Å². The molecule has 0 spiro atoms. The summed E-state index contributed by atoms with van der Waals surface area (Å²) in [6.07, 6.45) is 11.0. The Kier molecular flexibility index (Phi) is 4.76. The fourth-order valence-corrected chi connectivity index (χ4v) is 3.20. The fourth-order valence-electron chi connectivity index (χ4n) is 3.20. The molecule has 0 N–H and O–H groups in total. The van der Waals surface area contributed by atoms with Gasteiger partial charge < -0.3 is 9.15 Å². The maximum absolute atomic E-state index is 12.1. The molecule has 1 aliphatic carbocycles. The van der Waals surface area contributed by atoms with Gasteiger partial charge in [-0.25, -0.2) is 0 Å². The average Bonchev–Trinajstić information content (AvgIpc) is 3.18. The minimum Gasteiger partial charge on any atom is -0.468 e. The molecule has 0 radical (unpaired) electrons. The number of likely N-dealkylation sites (tertiary alicyclic amines) is 1. The number of carbonyl (C=O) groups excluding carboxylic acids is 1. The quantitative estimate of drug-likeness (QED) is 0.617. The van der Waals surface area contributed by atoms with Crippen LogP contribution in [0.3, 0.4) is 0 Å². The highest BCUT2D eigenvalue weighted by atomic mass is 16.5. The Hall–Kier alpha value is -1.55. The molecule has 2 aliphatic rings. The summed E-state index contributed by atoms with van der Waals surface area (Å²) >= 11 is 0. The predicted molar refractivity (Wildman–Crippen MR) is 79.6 cm³/mol. The van der Waals surface area contributed by atoms with Crippen LogP contribution >= 0.6 is 0 Å². The van der Waals surface area contributed by atoms with Crippen molar-refractivity contribution in [1.82, 2.24) is 4.90 Å². The van der Waals surface area contributed by atoms with Crippen molar-refractivity contribution in [3.63, 3.8) is 0 Å². The zero-order valence-corrected chi connectivity index (χ0v) is 12.4. The molecule has 0 amide bonds. The van der Waals surface area contributed by atoms with Gasteiger partial charge >= 0.3 is 5.97 Å². The molecule has 21 heavy (non-hydrogen) atoms. The normalized spacial score (nSPS) is 26.1. The van der Waals surface area contributed by atoms with Gasteiger partial charge in [-0.1, -0.05) is 12.2 Å². The Labute approximate surface area is 125 Å². The summed E-state index contributed by atoms with van der Waals surface area (Å²) < 4.78 is 11.0. The molecular formula is C17H23NO3. The molecule has 0 saturated carbocycles. The zero-order valence-electron chi connectivity index (χ0n) is 12.4. The number of hydrogen-bond acceptors (Lipinski definition) is 4. The zero-order chi connectivity index (χ0) is 14.5. The molecule has 4 heteroatoms. The number of ether oxygens (including phenoxy) is 1. The Morgan fingerprint density at radius 1 is 1.38 bits per heavy atom. The van der Waals surface area contributed by atoms with Gasteiger partial charge in [-0.3, -0.25) is 9.69 Å². The van der Waals surface area contributed by atoms with Crippen LogP contribution in [0.5, 0.6) is 0 Å². The Morgan fingerprint density at radius 2 is 2.33 bits per heavy atom. The van der Waals surface area contributed by atoms with E-state index in [2.05, 4.69) is 17.1 Å². The number of nitrogens with zero attached hydrogens (tertiary/aromatic N) is 1. The van der Waals surface area contributed by atoms with Crippen molar-refractivity contribution in [1.29, 1.82) is 0 Å². The lowest BCUT2D eigenvalue weighted by atomic mass is 9.95. The van der Waals surface area contributed by atoms with Crippen LogP contribution in [-0.2, 0) is 16.1 Å². The van der Waals surface area contributed by atoms with Gasteiger partial charge in [-0.05, 0) is 50.8 Å². The first-order valence-corrected chi connectivity index (χ1v) is 7.91. The molecule has 2 atom stereocenters. The highest BCUT2D eigenvalue weighted by Crippen LogP contribution is 2.23. The summed E-state index contributed by atoms with van der Waals surface area (Å²) in [6, 6.07) is 4.24. The highest BCUT2D eigenvalue weighted by molar-refractivity contribution is 5.72. The Balaban J connectivity index is 1.47. The molecule has 3 rings (SSSR count). The highest BCUT2D eigenvalue weighted by Gasteiger charge is 2.28. The van der Waals surface area contributed by atoms with Gasteiger partial charge in [0.15, 0.2) is 0 Å². The monoisotopic (exact) mass is 289 g/mol. The van der Waals surface area contributed by atoms with Crippen LogP contribution in [-0.4, -0.2) is 30.1 Å². The van der Waals surface area contributed by atoms with Crippen molar-refractivity contribution >= 4 is 5.97 Å². The summed E-state index contributed by atoms with van der Waals surface area (Å²) in [4.78, 5) is 14.4. The third-order valence-corrected chi connectivity index (χ3v) is 4.46. The lowest BCUT2D eigenvalue weighted by molar-refractivity contribution is -0.150. The molecule has 1 saturated heterocycles. The van der Waals surface area contributed by atoms with Crippen LogP contribution < -0.4 is 0 Å². The Bertz CT molecular complexity index is 480. The third kappa shape index (κ3) is 3.76. The van der Waals surface area contributed by atoms with E-state index in [1.54, 1.807) is 6.26 Å². The van der Waals surface area contributed by atoms with E-state index in [9.17, 15) is 4.79 Å². The molecular weight excluding hydrogens is 266 g/mol. The lowest BCUT2D eigenvalue weighted by Gasteiger charge is -2.24. The molecule has 0 unspecified atom stereocenters. The van der Waals surface area contributed by atoms with Gasteiger partial charge in [-0.15, -0.1) is 0 Å². The summed E-state index contributed by atoms with van der Waals surface area (Å²) in [6.45, 7) is 2.37. The van der Waals surface area contributed by atoms with E-state index in [4.69, 9.17) is 9.15 Å². The van der Waals surface area contributed by atoms with Crippen LogP contribution in [0.4, 0.5) is 0 Å². The van der Waals surface area contributed by atoms with E-state index in [1.165, 1.54) is 0 Å². The van der Waals surface area contributed by atoms with Crippen LogP contribution in [0.2, 0.25) is 0 Å². The van der Waals surface area contributed by atoms with Crippen molar-refractivity contribution in [2.24, 2.45) is 5.92 Å². The number of carbonyl (C=O) groups is 1. The smallest absolute Gasteiger partial charge is 0.309 e. The van der Waals surface area contributed by atoms with Gasteiger partial charge in [0.05, 0.1) is 18.7 Å². The standard InChI is InChI=1S/C17H23NO3/c19-17(14-6-2-1-3-7-14)21-13-15-8-4-10-18(15)12-16-9-5-11-20-16/h1-2,5,9,11,14-15H,3-4,6-8,10,12-13H2/t14-,15+/m0/s1. The van der Waals surface area contributed by atoms with Crippen molar-refractivity contribution in [2.45, 2.75) is 44.7 Å². The largest absolute Gasteiger partial charge is 0.468 e. The first kappa shape index (κ1) is 14.4. The van der Waals surface area contributed by atoms with Gasteiger partial charge in [0.25, 0.3) is 0 Å². The SMILES string of the molecule is O=C(OC[C@H]1CCCN1Cc1ccco1)[C@H]1CC=CCC1. The maximum Gasteiger partial charge on any atom is 0.309 e. The van der Waals surface area contributed by atoms with Crippen LogP contribution in [0.1, 0.15) is 37.9 Å². The molecule has 1 aliphatic heterocycles. The van der Waals surface area contributed by atoms with Gasteiger partial charge in [0, 0.05) is 6.04 Å². The Morgan fingerprint density at radius 3 is 3.10 bits per heavy atom. The molecule has 0 aromatic carbocycles. The van der Waals surface area contributed by atoms with E-state index in [1.807, 2.05) is 12.1 Å². The number of esters is 1. The molecule has 114 valence electrons. The number of hydrogen-bond donors (Lipinski definition) is 0. The number of rotatable bonds is 5. The van der Waals surface area contributed by atoms with E-state index in [-0.39, 0.29) is 11.9 Å². The summed E-state index contributed by atoms with van der Waals surface area (Å²) in [5.74, 6) is 1.02. The second kappa shape index (κ2) is 6.94. The van der Waals surface area contributed by atoms with Crippen molar-refractivity contribution in [3.8, 4) is 0 Å². The van der Waals surface area contributed by atoms with Gasteiger partial charge in [0.1, 0.15) is 12.4 Å².